The average molecular weight is 148 g/mol. The maximum Gasteiger partial charge on any atom is 0.0496 e. The van der Waals surface area contributed by atoms with Crippen LogP contribution in [0.15, 0.2) is 0 Å². The first-order valence-corrected chi connectivity index (χ1v) is 5.02. The summed E-state index contributed by atoms with van der Waals surface area (Å²) in [5.74, 6) is 7.55. The molecule has 6 aliphatic rings. The molecule has 0 heterocycles. The Morgan fingerprint density at radius 2 is 1.73 bits per heavy atom. The lowest BCUT2D eigenvalue weighted by molar-refractivity contribution is 0.181. The summed E-state index contributed by atoms with van der Waals surface area (Å²) in [6.07, 6.45) is 1.56. The molecule has 1 nitrogen and oxygen atoms in total. The van der Waals surface area contributed by atoms with Crippen LogP contribution in [0, 0.1) is 46.8 Å². The van der Waals surface area contributed by atoms with Gasteiger partial charge in [0.05, 0.1) is 0 Å². The van der Waals surface area contributed by atoms with Gasteiger partial charge in [-0.2, -0.15) is 0 Å². The first-order valence-electron chi connectivity index (χ1n) is 5.02. The van der Waals surface area contributed by atoms with Crippen LogP contribution in [0.2, 0.25) is 0 Å². The van der Waals surface area contributed by atoms with Crippen molar-refractivity contribution in [1.29, 1.82) is 0 Å². The Bertz CT molecular complexity index is 257. The lowest BCUT2D eigenvalue weighted by Crippen LogP contribution is -2.11. The van der Waals surface area contributed by atoms with Gasteiger partial charge in [0.1, 0.15) is 0 Å². The van der Waals surface area contributed by atoms with E-state index in [4.69, 9.17) is 0 Å². The van der Waals surface area contributed by atoms with E-state index in [1.165, 1.54) is 0 Å². The van der Waals surface area contributed by atoms with Crippen molar-refractivity contribution in [1.82, 2.24) is 0 Å². The maximum absolute atomic E-state index is 9.40. The number of rotatable bonds is 1. The van der Waals surface area contributed by atoms with Crippen LogP contribution < -0.4 is 0 Å². The summed E-state index contributed by atoms with van der Waals surface area (Å²) in [6.45, 7) is 0.535. The monoisotopic (exact) mass is 148 g/mol. The van der Waals surface area contributed by atoms with E-state index < -0.39 is 0 Å². The van der Waals surface area contributed by atoms with Crippen LogP contribution in [0.4, 0.5) is 0 Å². The van der Waals surface area contributed by atoms with Crippen molar-refractivity contribution >= 4 is 0 Å². The fraction of sp³-hybridized carbons (Fsp3) is 1.00. The van der Waals surface area contributed by atoms with Crippen molar-refractivity contribution in [2.75, 3.05) is 6.61 Å². The number of aliphatic hydroxyl groups excluding tert-OH is 1. The first-order chi connectivity index (χ1) is 5.41. The van der Waals surface area contributed by atoms with E-state index in [0.29, 0.717) is 12.0 Å². The van der Waals surface area contributed by atoms with Crippen LogP contribution in [0.3, 0.4) is 0 Å². The predicted octanol–water partition coefficient (Wildman–Crippen LogP) is 0.737. The van der Waals surface area contributed by atoms with Crippen LogP contribution in [0.1, 0.15) is 6.42 Å². The second-order valence-corrected chi connectivity index (χ2v) is 5.57. The van der Waals surface area contributed by atoms with E-state index in [0.717, 1.165) is 41.4 Å². The van der Waals surface area contributed by atoms with Gasteiger partial charge in [0, 0.05) is 12.0 Å². The van der Waals surface area contributed by atoms with E-state index in [-0.39, 0.29) is 0 Å². The van der Waals surface area contributed by atoms with E-state index in [1.54, 1.807) is 6.42 Å². The normalized spacial score (nSPS) is 89.7. The van der Waals surface area contributed by atoms with Crippen molar-refractivity contribution in [3.8, 4) is 0 Å². The van der Waals surface area contributed by atoms with E-state index >= 15 is 0 Å². The second kappa shape index (κ2) is 0.953. The van der Waals surface area contributed by atoms with Gasteiger partial charge in [-0.3, -0.25) is 0 Å². The summed E-state index contributed by atoms with van der Waals surface area (Å²) < 4.78 is 0. The lowest BCUT2D eigenvalue weighted by atomic mass is 10.00. The first kappa shape index (κ1) is 4.86. The van der Waals surface area contributed by atoms with E-state index in [1.807, 2.05) is 0 Å². The highest BCUT2D eigenvalue weighted by Gasteiger charge is 2.97. The zero-order chi connectivity index (χ0) is 6.96. The minimum atomic E-state index is 0.535. The summed E-state index contributed by atoms with van der Waals surface area (Å²) in [6, 6.07) is 0. The third kappa shape index (κ3) is 0.225. The Balaban J connectivity index is 1.85. The van der Waals surface area contributed by atoms with Gasteiger partial charge in [0.2, 0.25) is 0 Å². The Morgan fingerprint density at radius 3 is 2.00 bits per heavy atom. The molecule has 0 aromatic heterocycles. The van der Waals surface area contributed by atoms with Crippen molar-refractivity contribution in [2.45, 2.75) is 6.42 Å². The molecular weight excluding hydrogens is 136 g/mol. The van der Waals surface area contributed by atoms with Gasteiger partial charge in [-0.15, -0.1) is 0 Å². The molecule has 0 spiro atoms. The molecule has 6 aliphatic carbocycles. The molecule has 1 N–H and O–H groups in total. The fourth-order valence-electron chi connectivity index (χ4n) is 6.19. The van der Waals surface area contributed by atoms with Crippen LogP contribution in [-0.2, 0) is 0 Å². The molecule has 1 heteroatoms. The van der Waals surface area contributed by atoms with Gasteiger partial charge >= 0.3 is 0 Å². The molecule has 6 saturated carbocycles. The Kier molecular flexibility index (Phi) is 0.421. The van der Waals surface area contributed by atoms with Crippen molar-refractivity contribution in [3.63, 3.8) is 0 Å². The topological polar surface area (TPSA) is 20.2 Å². The molecule has 0 aromatic carbocycles. The van der Waals surface area contributed by atoms with Gasteiger partial charge in [-0.25, -0.2) is 0 Å². The molecule has 6 fully saturated rings. The highest BCUT2D eigenvalue weighted by atomic mass is 16.3. The molecule has 0 saturated heterocycles. The molecular formula is C10H12O. The molecule has 6 atom stereocenters. The largest absolute Gasteiger partial charge is 0.396 e. The summed E-state index contributed by atoms with van der Waals surface area (Å²) in [4.78, 5) is 0. The zero-order valence-electron chi connectivity index (χ0n) is 6.40. The molecule has 0 aromatic rings. The standard InChI is InChI=1S/C10H12O/c11-2-10-7-3-1-4(8(7)10)6-5(3)9(6)10/h3-9,11H,1-2H2. The Hall–Kier alpha value is -0.0400. The van der Waals surface area contributed by atoms with Crippen LogP contribution >= 0.6 is 0 Å². The third-order valence-corrected chi connectivity index (χ3v) is 6.00. The Morgan fingerprint density at radius 1 is 1.09 bits per heavy atom. The highest BCUT2D eigenvalue weighted by Crippen LogP contribution is 2.99. The minimum Gasteiger partial charge on any atom is -0.396 e. The van der Waals surface area contributed by atoms with Gasteiger partial charge in [-0.1, -0.05) is 0 Å². The highest BCUT2D eigenvalue weighted by molar-refractivity contribution is 5.43. The second-order valence-electron chi connectivity index (χ2n) is 5.57. The molecule has 6 unspecified atom stereocenters. The SMILES string of the molecule is OCC12C3C4C5CC(C43)C1C52. The van der Waals surface area contributed by atoms with Crippen molar-refractivity contribution < 1.29 is 5.11 Å². The molecule has 0 aliphatic heterocycles. The summed E-state index contributed by atoms with van der Waals surface area (Å²) in [5, 5.41) is 9.40. The Labute approximate surface area is 65.8 Å². The van der Waals surface area contributed by atoms with E-state index in [9.17, 15) is 5.11 Å². The van der Waals surface area contributed by atoms with Crippen LogP contribution in [-0.4, -0.2) is 11.7 Å². The lowest BCUT2D eigenvalue weighted by Gasteiger charge is -2.08. The zero-order valence-corrected chi connectivity index (χ0v) is 6.40. The molecule has 6 rings (SSSR count). The summed E-state index contributed by atoms with van der Waals surface area (Å²) >= 11 is 0. The van der Waals surface area contributed by atoms with Gasteiger partial charge in [0.25, 0.3) is 0 Å². The quantitative estimate of drug-likeness (QED) is 0.581. The maximum atomic E-state index is 9.40. The molecule has 58 valence electrons. The third-order valence-electron chi connectivity index (χ3n) is 6.00. The summed E-state index contributed by atoms with van der Waals surface area (Å²) in [5.41, 5.74) is 0.545. The molecule has 2 bridgehead atoms. The minimum absolute atomic E-state index is 0.535. The number of aliphatic hydroxyl groups is 1. The van der Waals surface area contributed by atoms with E-state index in [2.05, 4.69) is 0 Å². The van der Waals surface area contributed by atoms with Crippen molar-refractivity contribution in [2.24, 2.45) is 46.8 Å². The van der Waals surface area contributed by atoms with Crippen molar-refractivity contribution in [3.05, 3.63) is 0 Å². The smallest absolute Gasteiger partial charge is 0.0496 e. The average Bonchev–Trinajstić information content (AvgIpc) is 2.79. The van der Waals surface area contributed by atoms with Gasteiger partial charge in [0.15, 0.2) is 0 Å². The predicted molar refractivity (Wildman–Crippen MR) is 38.6 cm³/mol. The fourth-order valence-corrected chi connectivity index (χ4v) is 6.19. The van der Waals surface area contributed by atoms with Gasteiger partial charge < -0.3 is 5.11 Å². The molecule has 11 heavy (non-hydrogen) atoms. The molecule has 0 radical (unpaired) electrons. The number of hydrogen-bond donors (Lipinski definition) is 1. The van der Waals surface area contributed by atoms with Crippen LogP contribution in [0.5, 0.6) is 0 Å². The number of hydrogen-bond acceptors (Lipinski definition) is 1. The summed E-state index contributed by atoms with van der Waals surface area (Å²) in [7, 11) is 0. The molecule has 0 amide bonds. The van der Waals surface area contributed by atoms with Crippen LogP contribution in [0.25, 0.3) is 0 Å². The van der Waals surface area contributed by atoms with Gasteiger partial charge in [-0.05, 0) is 47.8 Å².